The van der Waals surface area contributed by atoms with E-state index in [2.05, 4.69) is 21.3 Å². The van der Waals surface area contributed by atoms with Gasteiger partial charge in [-0.3, -0.25) is 4.98 Å². The highest BCUT2D eigenvalue weighted by Gasteiger charge is 2.42. The molecule has 1 saturated heterocycles. The molecule has 2 aromatic carbocycles. The Morgan fingerprint density at radius 3 is 2.47 bits per heavy atom. The zero-order chi connectivity index (χ0) is 24.0. The van der Waals surface area contributed by atoms with Gasteiger partial charge >= 0.3 is 0 Å². The molecule has 1 aliphatic rings. The van der Waals surface area contributed by atoms with E-state index in [-0.39, 0.29) is 23.6 Å². The minimum absolute atomic E-state index is 0.148. The Morgan fingerprint density at radius 1 is 1.00 bits per heavy atom. The maximum Gasteiger partial charge on any atom is 0.174 e. The summed E-state index contributed by atoms with van der Waals surface area (Å²) in [5.74, 6) is 0.337. The van der Waals surface area contributed by atoms with Crippen LogP contribution in [0, 0.1) is 13.8 Å². The third-order valence-corrected chi connectivity index (χ3v) is 6.74. The quantitative estimate of drug-likeness (QED) is 0.317. The average Bonchev–Trinajstić information content (AvgIpc) is 3.32. The fraction of sp³-hybridized carbons (Fsp3) is 0.154. The van der Waals surface area contributed by atoms with Gasteiger partial charge in [0.05, 0.1) is 23.5 Å². The first kappa shape index (κ1) is 22.3. The van der Waals surface area contributed by atoms with Gasteiger partial charge in [0.15, 0.2) is 5.11 Å². The smallest absolute Gasteiger partial charge is 0.174 e. The second-order valence-corrected chi connectivity index (χ2v) is 9.13. The first-order valence-corrected chi connectivity index (χ1v) is 11.6. The number of benzene rings is 2. The third kappa shape index (κ3) is 3.77. The lowest BCUT2D eigenvalue weighted by Crippen LogP contribution is -2.29. The fourth-order valence-corrected chi connectivity index (χ4v) is 5.21. The van der Waals surface area contributed by atoms with Crippen LogP contribution in [0.25, 0.3) is 5.69 Å². The van der Waals surface area contributed by atoms with Gasteiger partial charge in [-0.25, -0.2) is 0 Å². The van der Waals surface area contributed by atoms with Crippen molar-refractivity contribution < 1.29 is 10.2 Å². The molecule has 0 unspecified atom stereocenters. The van der Waals surface area contributed by atoms with E-state index in [1.54, 1.807) is 36.5 Å². The SMILES string of the molecule is Cc1cc([C@@H]2[C@@H](c3ccccn3)NC(=S)N2c2ccc(O)cc2)c(C)n1-c1cc(Cl)ccc1O. The van der Waals surface area contributed by atoms with Gasteiger partial charge in [0.25, 0.3) is 0 Å². The van der Waals surface area contributed by atoms with E-state index in [1.807, 2.05) is 48.7 Å². The molecule has 1 aliphatic heterocycles. The van der Waals surface area contributed by atoms with Gasteiger partial charge < -0.3 is 25.0 Å². The third-order valence-electron chi connectivity index (χ3n) is 6.19. The van der Waals surface area contributed by atoms with Gasteiger partial charge in [-0.2, -0.15) is 0 Å². The Balaban J connectivity index is 1.70. The van der Waals surface area contributed by atoms with Crippen LogP contribution in [0.2, 0.25) is 5.02 Å². The predicted octanol–water partition coefficient (Wildman–Crippen LogP) is 5.73. The number of anilines is 1. The molecule has 5 rings (SSSR count). The molecule has 0 spiro atoms. The summed E-state index contributed by atoms with van der Waals surface area (Å²) in [6.45, 7) is 4.02. The van der Waals surface area contributed by atoms with E-state index >= 15 is 0 Å². The molecular weight excluding hydrogens is 468 g/mol. The second kappa shape index (κ2) is 8.66. The molecule has 172 valence electrons. The van der Waals surface area contributed by atoms with Crippen molar-refractivity contribution in [2.75, 3.05) is 4.90 Å². The first-order valence-electron chi connectivity index (χ1n) is 10.8. The molecule has 2 aromatic heterocycles. The van der Waals surface area contributed by atoms with Crippen molar-refractivity contribution in [2.24, 2.45) is 0 Å². The number of halogens is 1. The number of hydrogen-bond acceptors (Lipinski definition) is 4. The predicted molar refractivity (Wildman–Crippen MR) is 138 cm³/mol. The van der Waals surface area contributed by atoms with Crippen LogP contribution in [0.15, 0.2) is 72.9 Å². The standard InChI is InChI=1S/C26H23ClN4O2S/c1-15-13-20(16(2)30(15)22-14-17(27)6-11-23(22)33)25-24(21-5-3-4-12-28-21)29-26(34)31(25)18-7-9-19(32)10-8-18/h3-14,24-25,32-33H,1-2H3,(H,29,34)/t24-,25-/m1/s1. The molecule has 3 heterocycles. The van der Waals surface area contributed by atoms with E-state index in [1.165, 1.54) is 0 Å². The van der Waals surface area contributed by atoms with Crippen LogP contribution in [0.3, 0.4) is 0 Å². The van der Waals surface area contributed by atoms with Crippen molar-refractivity contribution in [3.8, 4) is 17.2 Å². The second-order valence-electron chi connectivity index (χ2n) is 8.31. The molecule has 0 radical (unpaired) electrons. The van der Waals surface area contributed by atoms with Crippen molar-refractivity contribution in [3.63, 3.8) is 0 Å². The van der Waals surface area contributed by atoms with Gasteiger partial charge in [0, 0.05) is 28.3 Å². The topological polar surface area (TPSA) is 73.5 Å². The fourth-order valence-electron chi connectivity index (χ4n) is 4.70. The largest absolute Gasteiger partial charge is 0.508 e. The van der Waals surface area contributed by atoms with Crippen molar-refractivity contribution in [3.05, 3.63) is 101 Å². The number of rotatable bonds is 4. The Morgan fingerprint density at radius 2 is 1.76 bits per heavy atom. The molecule has 1 fully saturated rings. The van der Waals surface area contributed by atoms with Crippen molar-refractivity contribution >= 4 is 34.6 Å². The number of thiocarbonyl (C=S) groups is 1. The lowest BCUT2D eigenvalue weighted by atomic mass is 9.96. The van der Waals surface area contributed by atoms with Crippen LogP contribution in [0.4, 0.5) is 5.69 Å². The van der Waals surface area contributed by atoms with Crippen molar-refractivity contribution in [1.29, 1.82) is 0 Å². The van der Waals surface area contributed by atoms with Gasteiger partial charge in [0.2, 0.25) is 0 Å². The molecular formula is C26H23ClN4O2S. The number of nitrogens with one attached hydrogen (secondary N) is 1. The molecule has 34 heavy (non-hydrogen) atoms. The lowest BCUT2D eigenvalue weighted by Gasteiger charge is -2.28. The number of phenolic OH excluding ortho intramolecular Hbond substituents is 2. The summed E-state index contributed by atoms with van der Waals surface area (Å²) < 4.78 is 2.00. The van der Waals surface area contributed by atoms with Gasteiger partial charge in [-0.1, -0.05) is 17.7 Å². The monoisotopic (exact) mass is 490 g/mol. The number of aromatic hydroxyl groups is 2. The van der Waals surface area contributed by atoms with E-state index < -0.39 is 0 Å². The number of phenols is 2. The molecule has 0 aliphatic carbocycles. The minimum atomic E-state index is -0.215. The van der Waals surface area contributed by atoms with Crippen LogP contribution in [0.1, 0.15) is 34.7 Å². The molecule has 6 nitrogen and oxygen atoms in total. The zero-order valence-electron chi connectivity index (χ0n) is 18.6. The Bertz CT molecular complexity index is 1370. The number of nitrogens with zero attached hydrogens (tertiary/aromatic N) is 3. The molecule has 0 amide bonds. The molecule has 0 saturated carbocycles. The van der Waals surface area contributed by atoms with Gasteiger partial charge in [-0.15, -0.1) is 0 Å². The lowest BCUT2D eigenvalue weighted by molar-refractivity contribution is 0.471. The number of pyridine rings is 1. The zero-order valence-corrected chi connectivity index (χ0v) is 20.2. The number of aromatic nitrogens is 2. The van der Waals surface area contributed by atoms with Gasteiger partial charge in [0.1, 0.15) is 11.5 Å². The summed E-state index contributed by atoms with van der Waals surface area (Å²) in [5.41, 5.74) is 5.28. The number of hydrogen-bond donors (Lipinski definition) is 3. The molecule has 2 atom stereocenters. The van der Waals surface area contributed by atoms with Crippen LogP contribution in [-0.2, 0) is 0 Å². The summed E-state index contributed by atoms with van der Waals surface area (Å²) >= 11 is 12.0. The highest BCUT2D eigenvalue weighted by atomic mass is 35.5. The summed E-state index contributed by atoms with van der Waals surface area (Å²) in [5, 5.41) is 25.0. The summed E-state index contributed by atoms with van der Waals surface area (Å²) in [6.07, 6.45) is 1.77. The Hall–Kier alpha value is -3.55. The van der Waals surface area contributed by atoms with E-state index in [9.17, 15) is 10.2 Å². The molecule has 3 N–H and O–H groups in total. The van der Waals surface area contributed by atoms with Crippen LogP contribution in [-0.4, -0.2) is 24.9 Å². The first-order chi connectivity index (χ1) is 16.3. The molecule has 0 bridgehead atoms. The highest BCUT2D eigenvalue weighted by molar-refractivity contribution is 7.80. The number of aryl methyl sites for hydroxylation is 1. The van der Waals surface area contributed by atoms with Crippen LogP contribution in [0.5, 0.6) is 11.5 Å². The minimum Gasteiger partial charge on any atom is -0.508 e. The summed E-state index contributed by atoms with van der Waals surface area (Å²) in [7, 11) is 0. The Kier molecular flexibility index (Phi) is 5.67. The summed E-state index contributed by atoms with van der Waals surface area (Å²) in [4.78, 5) is 6.66. The molecule has 4 aromatic rings. The van der Waals surface area contributed by atoms with E-state index in [0.29, 0.717) is 15.8 Å². The van der Waals surface area contributed by atoms with Crippen molar-refractivity contribution in [2.45, 2.75) is 25.9 Å². The molecule has 8 heteroatoms. The van der Waals surface area contributed by atoms with E-state index in [4.69, 9.17) is 23.8 Å². The average molecular weight is 491 g/mol. The van der Waals surface area contributed by atoms with Gasteiger partial charge in [-0.05, 0) is 92.3 Å². The normalized spacial score (nSPS) is 17.7. The van der Waals surface area contributed by atoms with Crippen molar-refractivity contribution in [1.82, 2.24) is 14.9 Å². The van der Waals surface area contributed by atoms with E-state index in [0.717, 1.165) is 28.3 Å². The van der Waals surface area contributed by atoms with Crippen LogP contribution >= 0.6 is 23.8 Å². The maximum atomic E-state index is 10.6. The Labute approximate surface area is 208 Å². The maximum absolute atomic E-state index is 10.6. The highest BCUT2D eigenvalue weighted by Crippen LogP contribution is 2.44. The summed E-state index contributed by atoms with van der Waals surface area (Å²) in [6, 6.07) is 19.5. The van der Waals surface area contributed by atoms with Crippen LogP contribution < -0.4 is 10.2 Å².